The van der Waals surface area contributed by atoms with Crippen molar-refractivity contribution in [1.29, 1.82) is 0 Å². The molecule has 2 aliphatic heterocycles. The molecule has 4 unspecified atom stereocenters. The third-order valence-electron chi connectivity index (χ3n) is 12.1. The van der Waals surface area contributed by atoms with E-state index in [2.05, 4.69) is 25.8 Å². The fourth-order valence-electron chi connectivity index (χ4n) is 8.66. The number of hydrogen-bond acceptors (Lipinski definition) is 8. The maximum absolute atomic E-state index is 14.1. The summed E-state index contributed by atoms with van der Waals surface area (Å²) in [5, 5.41) is 8.67. The van der Waals surface area contributed by atoms with Gasteiger partial charge in [0.05, 0.1) is 7.11 Å². The van der Waals surface area contributed by atoms with E-state index in [0.717, 1.165) is 28.8 Å². The van der Waals surface area contributed by atoms with Crippen LogP contribution in [0.2, 0.25) is 0 Å². The molecule has 2 saturated heterocycles. The quantitative estimate of drug-likeness (QED) is 0.104. The van der Waals surface area contributed by atoms with Crippen LogP contribution in [0.3, 0.4) is 0 Å². The zero-order valence-electron chi connectivity index (χ0n) is 37.8. The zero-order valence-corrected chi connectivity index (χ0v) is 37.8. The molecule has 14 heteroatoms. The van der Waals surface area contributed by atoms with Crippen LogP contribution in [-0.4, -0.2) is 95.8 Å². The van der Waals surface area contributed by atoms with Gasteiger partial charge in [0.15, 0.2) is 0 Å². The minimum atomic E-state index is -0.876. The van der Waals surface area contributed by atoms with Crippen LogP contribution >= 0.6 is 0 Å². The number of ether oxygens (including phenoxy) is 1. The van der Waals surface area contributed by atoms with Gasteiger partial charge < -0.3 is 35.4 Å². The van der Waals surface area contributed by atoms with E-state index in [-0.39, 0.29) is 29.4 Å². The lowest BCUT2D eigenvalue weighted by atomic mass is 9.85. The maximum atomic E-state index is 14.1. The van der Waals surface area contributed by atoms with E-state index in [1.807, 2.05) is 113 Å². The summed E-state index contributed by atoms with van der Waals surface area (Å²) in [7, 11) is 1.24. The first-order valence-corrected chi connectivity index (χ1v) is 22.2. The molecule has 5 amide bonds. The summed E-state index contributed by atoms with van der Waals surface area (Å²) >= 11 is 0. The molecule has 4 aromatic carbocycles. The average molecular weight is 876 g/mol. The Hall–Kier alpha value is -6.28. The highest BCUT2D eigenvalue weighted by atomic mass is 19.1. The van der Waals surface area contributed by atoms with E-state index in [0.29, 0.717) is 69.9 Å². The van der Waals surface area contributed by atoms with Crippen LogP contribution < -0.4 is 20.9 Å². The predicted molar refractivity (Wildman–Crippen MR) is 247 cm³/mol. The van der Waals surface area contributed by atoms with Crippen molar-refractivity contribution in [3.05, 3.63) is 126 Å². The number of carbonyl (C=O) groups is 5. The zero-order chi connectivity index (χ0) is 46.0. The molecule has 0 spiro atoms. The molecule has 2 fully saturated rings. The van der Waals surface area contributed by atoms with Crippen molar-refractivity contribution in [1.82, 2.24) is 20.0 Å². The van der Waals surface area contributed by atoms with Crippen LogP contribution in [-0.2, 0) is 37.0 Å². The maximum Gasteiger partial charge on any atom is 0.407 e. The fraction of sp³-hybridized carbons (Fsp3) is 0.420. The Bertz CT molecular complexity index is 2210. The van der Waals surface area contributed by atoms with E-state index >= 15 is 0 Å². The van der Waals surface area contributed by atoms with Gasteiger partial charge in [-0.3, -0.25) is 24.1 Å². The second-order valence-electron chi connectivity index (χ2n) is 17.6. The van der Waals surface area contributed by atoms with Gasteiger partial charge in [-0.15, -0.1) is 0 Å². The Balaban J connectivity index is 1.09. The lowest BCUT2D eigenvalue weighted by Gasteiger charge is -2.35. The number of hydrogen-bond donors (Lipinski definition) is 3. The number of nitrogens with one attached hydrogen (secondary N) is 3. The van der Waals surface area contributed by atoms with E-state index in [9.17, 15) is 28.4 Å². The Morgan fingerprint density at radius 1 is 0.703 bits per heavy atom. The number of benzene rings is 4. The van der Waals surface area contributed by atoms with Crippen molar-refractivity contribution in [2.75, 3.05) is 48.8 Å². The largest absolute Gasteiger partial charge is 0.453 e. The summed E-state index contributed by atoms with van der Waals surface area (Å²) in [6.45, 7) is 12.9. The van der Waals surface area contributed by atoms with Gasteiger partial charge >= 0.3 is 6.09 Å². The molecule has 340 valence electrons. The van der Waals surface area contributed by atoms with Crippen LogP contribution in [0, 0.1) is 11.2 Å². The van der Waals surface area contributed by atoms with Gasteiger partial charge in [0.25, 0.3) is 0 Å². The van der Waals surface area contributed by atoms with Gasteiger partial charge in [-0.1, -0.05) is 89.2 Å². The van der Waals surface area contributed by atoms with Crippen molar-refractivity contribution in [2.45, 2.75) is 97.6 Å². The number of amides is 5. The predicted octanol–water partition coefficient (Wildman–Crippen LogP) is 7.75. The average Bonchev–Trinajstić information content (AvgIpc) is 4.00. The second-order valence-corrected chi connectivity index (χ2v) is 17.6. The van der Waals surface area contributed by atoms with Crippen molar-refractivity contribution in [2.24, 2.45) is 5.41 Å². The first-order chi connectivity index (χ1) is 30.7. The first kappa shape index (κ1) is 47.2. The van der Waals surface area contributed by atoms with Crippen LogP contribution in [0.15, 0.2) is 103 Å². The van der Waals surface area contributed by atoms with E-state index in [1.54, 1.807) is 21.9 Å². The molecule has 4 atom stereocenters. The summed E-state index contributed by atoms with van der Waals surface area (Å²) in [5.74, 6) is -1.26. The van der Waals surface area contributed by atoms with E-state index in [4.69, 9.17) is 4.74 Å². The molecule has 0 aliphatic carbocycles. The summed E-state index contributed by atoms with van der Waals surface area (Å²) < 4.78 is 18.8. The molecule has 0 radical (unpaired) electrons. The Morgan fingerprint density at radius 3 is 1.64 bits per heavy atom. The molecular weight excluding hydrogens is 814 g/mol. The van der Waals surface area contributed by atoms with E-state index < -0.39 is 35.7 Å². The van der Waals surface area contributed by atoms with Gasteiger partial charge in [-0.05, 0) is 109 Å². The number of alkyl carbamates (subject to hydrolysis) is 1. The lowest BCUT2D eigenvalue weighted by Crippen LogP contribution is -2.57. The number of methoxy groups -OCH3 is 1. The molecule has 64 heavy (non-hydrogen) atoms. The van der Waals surface area contributed by atoms with Gasteiger partial charge in [0, 0.05) is 43.2 Å². The summed E-state index contributed by atoms with van der Waals surface area (Å²) in [5.41, 5.74) is 4.20. The number of likely N-dealkylation sites (N-methyl/N-ethyl adjacent to an activating group) is 1. The highest BCUT2D eigenvalue weighted by Crippen LogP contribution is 2.30. The van der Waals surface area contributed by atoms with Crippen molar-refractivity contribution in [3.63, 3.8) is 0 Å². The molecule has 3 N–H and O–H groups in total. The molecular formula is C50H62FN7O6. The number of halogens is 1. The normalized spacial score (nSPS) is 17.1. The van der Waals surface area contributed by atoms with Gasteiger partial charge in [0.2, 0.25) is 23.6 Å². The van der Waals surface area contributed by atoms with Crippen LogP contribution in [0.4, 0.5) is 26.2 Å². The molecule has 2 aliphatic rings. The highest BCUT2D eigenvalue weighted by molar-refractivity contribution is 5.99. The lowest BCUT2D eigenvalue weighted by molar-refractivity contribution is -0.141. The minimum absolute atomic E-state index is 0.0610. The van der Waals surface area contributed by atoms with Crippen LogP contribution in [0.1, 0.15) is 83.0 Å². The van der Waals surface area contributed by atoms with Crippen molar-refractivity contribution >= 4 is 46.8 Å². The van der Waals surface area contributed by atoms with Gasteiger partial charge in [-0.25, -0.2) is 9.18 Å². The minimum Gasteiger partial charge on any atom is -0.453 e. The van der Waals surface area contributed by atoms with Crippen molar-refractivity contribution in [3.8, 4) is 0 Å². The third kappa shape index (κ3) is 11.6. The summed E-state index contributed by atoms with van der Waals surface area (Å²) in [6.07, 6.45) is 1.78. The second kappa shape index (κ2) is 21.4. The number of carbonyl (C=O) groups excluding carboxylic acids is 5. The summed E-state index contributed by atoms with van der Waals surface area (Å²) in [4.78, 5) is 74.7. The molecule has 2 heterocycles. The summed E-state index contributed by atoms with van der Waals surface area (Å²) in [6, 6.07) is 28.5. The monoisotopic (exact) mass is 875 g/mol. The molecule has 6 rings (SSSR count). The van der Waals surface area contributed by atoms with Gasteiger partial charge in [0.1, 0.15) is 30.0 Å². The topological polar surface area (TPSA) is 144 Å². The highest BCUT2D eigenvalue weighted by Gasteiger charge is 2.42. The number of anilines is 3. The van der Waals surface area contributed by atoms with E-state index in [1.165, 1.54) is 19.2 Å². The van der Waals surface area contributed by atoms with Crippen LogP contribution in [0.25, 0.3) is 0 Å². The fourth-order valence-corrected chi connectivity index (χ4v) is 8.66. The Kier molecular flexibility index (Phi) is 15.8. The molecule has 0 aromatic heterocycles. The SMILES string of the molecule is CCN(CC)C(C(=O)N1CCCC1C(=O)Nc1ccc(CN(Cc2ccc(NC(=O)C3CCCN3C(=O)C(NC(=O)OC)C(C)(C)C)cc2)c2ccc(F)cc2)cc1)c1ccccc1. The standard InChI is InChI=1S/C50H62FN7O6/c1-7-55(8-2)43(36-14-10-9-11-15-36)47(61)57-30-12-16-41(57)45(59)52-38-24-18-34(19-25-38)32-56(40-28-22-37(51)23-29-40)33-35-20-26-39(27-21-35)53-46(60)42-17-13-31-58(42)48(62)44(50(3,4)5)54-49(63)64-6/h9-11,14-15,18-29,41-44H,7-8,12-13,16-17,30-33H2,1-6H3,(H,52,59)(H,53,60)(H,54,63). The molecule has 4 aromatic rings. The Labute approximate surface area is 376 Å². The van der Waals surface area contributed by atoms with Gasteiger partial charge in [-0.2, -0.15) is 0 Å². The first-order valence-electron chi connectivity index (χ1n) is 22.2. The number of rotatable bonds is 16. The van der Waals surface area contributed by atoms with Crippen LogP contribution in [0.5, 0.6) is 0 Å². The third-order valence-corrected chi connectivity index (χ3v) is 12.1. The molecule has 13 nitrogen and oxygen atoms in total. The smallest absolute Gasteiger partial charge is 0.407 e. The molecule has 0 bridgehead atoms. The molecule has 0 saturated carbocycles. The Morgan fingerprint density at radius 2 is 1.19 bits per heavy atom. The van der Waals surface area contributed by atoms with Crippen molar-refractivity contribution < 1.29 is 33.1 Å². The number of nitrogens with zero attached hydrogens (tertiary/aromatic N) is 4. The number of likely N-dealkylation sites (tertiary alicyclic amines) is 2.